The lowest BCUT2D eigenvalue weighted by atomic mass is 10.2. The third kappa shape index (κ3) is 5.47. The number of phenols is 1. The standard InChI is InChI=1S/C17H16Br2N2O4/c1-10-5-12(18)7-13(19)17(10)25-9-16(23)21-20-8-11-3-4-15(24-2)14(22)6-11/h3-8,22H,9H2,1-2H3,(H,21,23)/b20-8+. The highest BCUT2D eigenvalue weighted by Gasteiger charge is 2.09. The van der Waals surface area contributed by atoms with E-state index in [1.54, 1.807) is 12.1 Å². The first-order valence-electron chi connectivity index (χ1n) is 7.18. The second-order valence-electron chi connectivity index (χ2n) is 5.05. The number of ether oxygens (including phenoxy) is 2. The van der Waals surface area contributed by atoms with Gasteiger partial charge >= 0.3 is 0 Å². The minimum absolute atomic E-state index is 0.00308. The van der Waals surface area contributed by atoms with E-state index in [9.17, 15) is 9.90 Å². The van der Waals surface area contributed by atoms with Crippen molar-refractivity contribution >= 4 is 44.0 Å². The van der Waals surface area contributed by atoms with Crippen LogP contribution in [0.15, 0.2) is 44.4 Å². The SMILES string of the molecule is COc1ccc(/C=N/NC(=O)COc2c(C)cc(Br)cc2Br)cc1O. The van der Waals surface area contributed by atoms with E-state index in [-0.39, 0.29) is 12.4 Å². The van der Waals surface area contributed by atoms with E-state index < -0.39 is 5.91 Å². The van der Waals surface area contributed by atoms with Gasteiger partial charge in [0.2, 0.25) is 0 Å². The second kappa shape index (κ2) is 8.87. The number of aryl methyl sites for hydroxylation is 1. The molecule has 2 aromatic carbocycles. The molecule has 2 rings (SSSR count). The second-order valence-corrected chi connectivity index (χ2v) is 6.82. The summed E-state index contributed by atoms with van der Waals surface area (Å²) >= 11 is 6.79. The maximum absolute atomic E-state index is 11.8. The number of nitrogens with one attached hydrogen (secondary N) is 1. The predicted octanol–water partition coefficient (Wildman–Crippen LogP) is 3.76. The van der Waals surface area contributed by atoms with Crippen LogP contribution in [-0.2, 0) is 4.79 Å². The highest BCUT2D eigenvalue weighted by atomic mass is 79.9. The number of amides is 1. The monoisotopic (exact) mass is 470 g/mol. The van der Waals surface area contributed by atoms with Gasteiger partial charge in [0, 0.05) is 4.47 Å². The van der Waals surface area contributed by atoms with Crippen molar-refractivity contribution in [1.82, 2.24) is 5.43 Å². The number of carbonyl (C=O) groups is 1. The van der Waals surface area contributed by atoms with Crippen LogP contribution >= 0.6 is 31.9 Å². The fourth-order valence-corrected chi connectivity index (χ4v) is 3.56. The molecule has 1 amide bonds. The van der Waals surface area contributed by atoms with Crippen LogP contribution in [0.25, 0.3) is 0 Å². The Labute approximate surface area is 162 Å². The van der Waals surface area contributed by atoms with Crippen LogP contribution in [0.5, 0.6) is 17.2 Å². The van der Waals surface area contributed by atoms with Gasteiger partial charge < -0.3 is 14.6 Å². The van der Waals surface area contributed by atoms with Crippen LogP contribution in [0.1, 0.15) is 11.1 Å². The quantitative estimate of drug-likeness (QED) is 0.496. The van der Waals surface area contributed by atoms with Crippen LogP contribution in [0.2, 0.25) is 0 Å². The average Bonchev–Trinajstić information content (AvgIpc) is 2.54. The summed E-state index contributed by atoms with van der Waals surface area (Å²) in [6.07, 6.45) is 1.41. The minimum atomic E-state index is -0.400. The molecule has 0 fully saturated rings. The molecule has 0 heterocycles. The molecule has 132 valence electrons. The maximum atomic E-state index is 11.8. The van der Waals surface area contributed by atoms with E-state index in [4.69, 9.17) is 9.47 Å². The zero-order chi connectivity index (χ0) is 18.4. The van der Waals surface area contributed by atoms with Gasteiger partial charge in [-0.2, -0.15) is 5.10 Å². The van der Waals surface area contributed by atoms with E-state index in [2.05, 4.69) is 42.4 Å². The van der Waals surface area contributed by atoms with Crippen molar-refractivity contribution in [3.05, 3.63) is 50.4 Å². The molecular weight excluding hydrogens is 456 g/mol. The number of phenolic OH excluding ortho intramolecular Hbond substituents is 1. The van der Waals surface area contributed by atoms with Crippen LogP contribution in [0, 0.1) is 6.92 Å². The summed E-state index contributed by atoms with van der Waals surface area (Å²) in [5.41, 5.74) is 3.88. The van der Waals surface area contributed by atoms with Crippen LogP contribution in [0.4, 0.5) is 0 Å². The largest absolute Gasteiger partial charge is 0.504 e. The van der Waals surface area contributed by atoms with Gasteiger partial charge in [-0.15, -0.1) is 0 Å². The normalized spacial score (nSPS) is 10.7. The highest BCUT2D eigenvalue weighted by molar-refractivity contribution is 9.11. The molecule has 2 aromatic rings. The lowest BCUT2D eigenvalue weighted by molar-refractivity contribution is -0.123. The number of hydrogen-bond acceptors (Lipinski definition) is 5. The molecule has 6 nitrogen and oxygen atoms in total. The summed E-state index contributed by atoms with van der Waals surface area (Å²) in [5.74, 6) is 0.562. The molecule has 0 unspecified atom stereocenters. The first-order valence-corrected chi connectivity index (χ1v) is 8.76. The van der Waals surface area contributed by atoms with Gasteiger partial charge in [-0.05, 0) is 64.3 Å². The molecular formula is C17H16Br2N2O4. The lowest BCUT2D eigenvalue weighted by Crippen LogP contribution is -2.24. The summed E-state index contributed by atoms with van der Waals surface area (Å²) < 4.78 is 12.2. The van der Waals surface area contributed by atoms with Crippen LogP contribution in [-0.4, -0.2) is 30.9 Å². The number of methoxy groups -OCH3 is 1. The smallest absolute Gasteiger partial charge is 0.277 e. The number of hydrogen-bond donors (Lipinski definition) is 2. The Morgan fingerprint density at radius 2 is 2.08 bits per heavy atom. The van der Waals surface area contributed by atoms with Crippen LogP contribution in [0.3, 0.4) is 0 Å². The van der Waals surface area contributed by atoms with Gasteiger partial charge in [0.25, 0.3) is 5.91 Å². The molecule has 0 atom stereocenters. The highest BCUT2D eigenvalue weighted by Crippen LogP contribution is 2.32. The Bertz CT molecular complexity index is 786. The number of nitrogens with zero attached hydrogens (tertiary/aromatic N) is 1. The number of halogens is 2. The van der Waals surface area contributed by atoms with Crippen molar-refractivity contribution in [2.75, 3.05) is 13.7 Å². The molecule has 0 spiro atoms. The molecule has 8 heteroatoms. The Balaban J connectivity index is 1.90. The number of hydrazone groups is 1. The van der Waals surface area contributed by atoms with Crippen molar-refractivity contribution in [2.24, 2.45) is 5.10 Å². The predicted molar refractivity (Wildman–Crippen MR) is 102 cm³/mol. The fraction of sp³-hybridized carbons (Fsp3) is 0.176. The third-order valence-corrected chi connectivity index (χ3v) is 4.19. The van der Waals surface area contributed by atoms with Crippen molar-refractivity contribution in [3.63, 3.8) is 0 Å². The minimum Gasteiger partial charge on any atom is -0.504 e. The number of aromatic hydroxyl groups is 1. The first kappa shape index (κ1) is 19.3. The summed E-state index contributed by atoms with van der Waals surface area (Å²) in [6, 6.07) is 8.52. The van der Waals surface area contributed by atoms with Crippen molar-refractivity contribution in [2.45, 2.75) is 6.92 Å². The molecule has 2 N–H and O–H groups in total. The molecule has 0 saturated carbocycles. The Morgan fingerprint density at radius 3 is 2.72 bits per heavy atom. The number of benzene rings is 2. The van der Waals surface area contributed by atoms with E-state index in [0.717, 1.165) is 14.5 Å². The third-order valence-electron chi connectivity index (χ3n) is 3.15. The van der Waals surface area contributed by atoms with Gasteiger partial charge in [-0.25, -0.2) is 5.43 Å². The summed E-state index contributed by atoms with van der Waals surface area (Å²) in [6.45, 7) is 1.71. The zero-order valence-electron chi connectivity index (χ0n) is 13.5. The van der Waals surface area contributed by atoms with E-state index in [0.29, 0.717) is 17.1 Å². The Kier molecular flexibility index (Phi) is 6.83. The molecule has 25 heavy (non-hydrogen) atoms. The summed E-state index contributed by atoms with van der Waals surface area (Å²) in [7, 11) is 1.47. The van der Waals surface area contributed by atoms with Crippen molar-refractivity contribution in [3.8, 4) is 17.2 Å². The van der Waals surface area contributed by atoms with Gasteiger partial charge in [-0.1, -0.05) is 15.9 Å². The van der Waals surface area contributed by atoms with Gasteiger partial charge in [0.1, 0.15) is 5.75 Å². The van der Waals surface area contributed by atoms with E-state index in [1.807, 2.05) is 19.1 Å². The zero-order valence-corrected chi connectivity index (χ0v) is 16.7. The molecule has 0 aliphatic heterocycles. The lowest BCUT2D eigenvalue weighted by Gasteiger charge is -2.10. The molecule has 0 saturated heterocycles. The molecule has 0 bridgehead atoms. The van der Waals surface area contributed by atoms with Gasteiger partial charge in [0.05, 0.1) is 17.8 Å². The van der Waals surface area contributed by atoms with Crippen molar-refractivity contribution < 1.29 is 19.4 Å². The van der Waals surface area contributed by atoms with Gasteiger partial charge in [-0.3, -0.25) is 4.79 Å². The van der Waals surface area contributed by atoms with Crippen molar-refractivity contribution in [1.29, 1.82) is 0 Å². The summed E-state index contributed by atoms with van der Waals surface area (Å²) in [4.78, 5) is 11.8. The Hall–Kier alpha value is -2.06. The fourth-order valence-electron chi connectivity index (χ4n) is 2.01. The number of carbonyl (C=O) groups excluding carboxylic acids is 1. The molecule has 0 aromatic heterocycles. The topological polar surface area (TPSA) is 80.2 Å². The average molecular weight is 472 g/mol. The van der Waals surface area contributed by atoms with E-state index >= 15 is 0 Å². The molecule has 0 aliphatic carbocycles. The summed E-state index contributed by atoms with van der Waals surface area (Å²) in [5, 5.41) is 13.5. The van der Waals surface area contributed by atoms with Crippen LogP contribution < -0.4 is 14.9 Å². The molecule has 0 aliphatic rings. The Morgan fingerprint density at radius 1 is 1.32 bits per heavy atom. The number of rotatable bonds is 6. The molecule has 0 radical (unpaired) electrons. The van der Waals surface area contributed by atoms with E-state index in [1.165, 1.54) is 19.4 Å². The first-order chi connectivity index (χ1) is 11.9. The maximum Gasteiger partial charge on any atom is 0.277 e. The van der Waals surface area contributed by atoms with Gasteiger partial charge in [0.15, 0.2) is 18.1 Å².